The number of hydrogen-bond acceptors (Lipinski definition) is 5. The summed E-state index contributed by atoms with van der Waals surface area (Å²) >= 11 is 0. The molecule has 1 amide bonds. The molecule has 7 nitrogen and oxygen atoms in total. The Balaban J connectivity index is 1.95. The van der Waals surface area contributed by atoms with Crippen molar-refractivity contribution in [2.45, 2.75) is 12.5 Å². The highest BCUT2D eigenvalue weighted by molar-refractivity contribution is 5.82. The van der Waals surface area contributed by atoms with Crippen LogP contribution in [0, 0.1) is 0 Å². The Kier molecular flexibility index (Phi) is 3.20. The number of carbonyl (C=O) groups excluding carboxylic acids is 1. The van der Waals surface area contributed by atoms with E-state index in [4.69, 9.17) is 4.84 Å². The molecule has 98 valence electrons. The van der Waals surface area contributed by atoms with E-state index in [9.17, 15) is 4.79 Å². The second kappa shape index (κ2) is 5.15. The molecule has 3 rings (SSSR count). The van der Waals surface area contributed by atoms with Gasteiger partial charge in [-0.3, -0.25) is 9.63 Å². The van der Waals surface area contributed by atoms with Crippen LogP contribution in [0.2, 0.25) is 0 Å². The monoisotopic (exact) mass is 259 g/mol. The molecule has 0 spiro atoms. The summed E-state index contributed by atoms with van der Waals surface area (Å²) in [6, 6.07) is 8.82. The Labute approximate surface area is 109 Å². The minimum absolute atomic E-state index is 0.156. The quantitative estimate of drug-likeness (QED) is 0.799. The Bertz CT molecular complexity index is 537. The lowest BCUT2D eigenvalue weighted by molar-refractivity contribution is -0.171. The molecule has 0 aliphatic carbocycles. The molecule has 1 aliphatic rings. The standard InChI is InChI=1S/C12H13N5O2/c18-12(17-7-4-8-19-17)11(16-9-13-14-15-16)10-5-2-1-3-6-10/h1-3,5-6,9,11H,4,7-8H2/t11-/m1/s1. The van der Waals surface area contributed by atoms with Crippen LogP contribution in [0.25, 0.3) is 0 Å². The lowest BCUT2D eigenvalue weighted by Crippen LogP contribution is -2.35. The first kappa shape index (κ1) is 11.8. The summed E-state index contributed by atoms with van der Waals surface area (Å²) in [5.41, 5.74) is 0.829. The molecule has 1 fully saturated rings. The lowest BCUT2D eigenvalue weighted by Gasteiger charge is -2.21. The Morgan fingerprint density at radius 3 is 2.79 bits per heavy atom. The van der Waals surface area contributed by atoms with E-state index in [1.165, 1.54) is 16.1 Å². The van der Waals surface area contributed by atoms with Crippen LogP contribution in [0.1, 0.15) is 18.0 Å². The molecule has 0 N–H and O–H groups in total. The first-order valence-corrected chi connectivity index (χ1v) is 6.08. The molecule has 0 bridgehead atoms. The third-order valence-corrected chi connectivity index (χ3v) is 2.98. The maximum Gasteiger partial charge on any atom is 0.275 e. The van der Waals surface area contributed by atoms with Crippen LogP contribution in [0.15, 0.2) is 36.7 Å². The highest BCUT2D eigenvalue weighted by Gasteiger charge is 2.31. The largest absolute Gasteiger partial charge is 0.275 e. The fraction of sp³-hybridized carbons (Fsp3) is 0.333. The van der Waals surface area contributed by atoms with Gasteiger partial charge in [0, 0.05) is 0 Å². The van der Waals surface area contributed by atoms with Crippen LogP contribution in [-0.2, 0) is 9.63 Å². The molecule has 0 radical (unpaired) electrons. The molecular formula is C12H13N5O2. The number of carbonyl (C=O) groups is 1. The summed E-state index contributed by atoms with van der Waals surface area (Å²) in [6.45, 7) is 1.17. The summed E-state index contributed by atoms with van der Waals surface area (Å²) in [5, 5.41) is 12.4. The van der Waals surface area contributed by atoms with Crippen LogP contribution < -0.4 is 0 Å². The SMILES string of the molecule is O=C([C@@H](c1ccccc1)n1cnnn1)N1CCCO1. The summed E-state index contributed by atoms with van der Waals surface area (Å²) < 4.78 is 1.44. The van der Waals surface area contributed by atoms with Gasteiger partial charge < -0.3 is 0 Å². The lowest BCUT2D eigenvalue weighted by atomic mass is 10.1. The Morgan fingerprint density at radius 1 is 1.32 bits per heavy atom. The second-order valence-electron chi connectivity index (χ2n) is 4.23. The van der Waals surface area contributed by atoms with E-state index in [0.29, 0.717) is 13.2 Å². The zero-order valence-corrected chi connectivity index (χ0v) is 10.2. The van der Waals surface area contributed by atoms with Crippen molar-refractivity contribution in [1.29, 1.82) is 0 Å². The molecule has 2 aromatic rings. The zero-order chi connectivity index (χ0) is 13.1. The van der Waals surface area contributed by atoms with E-state index in [1.54, 1.807) is 0 Å². The van der Waals surface area contributed by atoms with Crippen molar-refractivity contribution in [3.8, 4) is 0 Å². The number of rotatable bonds is 3. The molecule has 0 saturated carbocycles. The van der Waals surface area contributed by atoms with Crippen LogP contribution >= 0.6 is 0 Å². The van der Waals surface area contributed by atoms with Crippen LogP contribution in [0.4, 0.5) is 0 Å². The van der Waals surface area contributed by atoms with Gasteiger partial charge in [0.25, 0.3) is 5.91 Å². The highest BCUT2D eigenvalue weighted by Crippen LogP contribution is 2.21. The number of aromatic nitrogens is 4. The molecule has 1 saturated heterocycles. The van der Waals surface area contributed by atoms with Gasteiger partial charge in [0.2, 0.25) is 0 Å². The maximum absolute atomic E-state index is 12.5. The van der Waals surface area contributed by atoms with Crippen molar-refractivity contribution in [3.05, 3.63) is 42.2 Å². The summed E-state index contributed by atoms with van der Waals surface area (Å²) in [7, 11) is 0. The van der Waals surface area contributed by atoms with Crippen LogP contribution in [0.3, 0.4) is 0 Å². The van der Waals surface area contributed by atoms with Gasteiger partial charge in [-0.25, -0.2) is 9.75 Å². The number of tetrazole rings is 1. The number of nitrogens with zero attached hydrogens (tertiary/aromatic N) is 5. The minimum Gasteiger partial charge on any atom is -0.271 e. The van der Waals surface area contributed by atoms with Gasteiger partial charge in [-0.05, 0) is 22.4 Å². The van der Waals surface area contributed by atoms with Gasteiger partial charge in [-0.15, -0.1) is 5.10 Å². The van der Waals surface area contributed by atoms with E-state index >= 15 is 0 Å². The number of benzene rings is 1. The predicted molar refractivity (Wildman–Crippen MR) is 64.7 cm³/mol. The van der Waals surface area contributed by atoms with Gasteiger partial charge in [0.15, 0.2) is 6.04 Å². The number of hydrogen-bond donors (Lipinski definition) is 0. The Morgan fingerprint density at radius 2 is 2.16 bits per heavy atom. The fourth-order valence-corrected chi connectivity index (χ4v) is 2.09. The molecular weight excluding hydrogens is 246 g/mol. The van der Waals surface area contributed by atoms with Gasteiger partial charge in [0.1, 0.15) is 6.33 Å². The van der Waals surface area contributed by atoms with Gasteiger partial charge in [-0.1, -0.05) is 30.3 Å². The second-order valence-corrected chi connectivity index (χ2v) is 4.23. The molecule has 0 unspecified atom stereocenters. The zero-order valence-electron chi connectivity index (χ0n) is 10.2. The smallest absolute Gasteiger partial charge is 0.271 e. The number of hydroxylamine groups is 2. The van der Waals surface area contributed by atoms with Crippen molar-refractivity contribution in [2.75, 3.05) is 13.2 Å². The average molecular weight is 259 g/mol. The number of amides is 1. The van der Waals surface area contributed by atoms with Crippen molar-refractivity contribution >= 4 is 5.91 Å². The molecule has 1 aromatic carbocycles. The Hall–Kier alpha value is -2.28. The summed E-state index contributed by atoms with van der Waals surface area (Å²) in [4.78, 5) is 17.8. The van der Waals surface area contributed by atoms with Crippen molar-refractivity contribution in [1.82, 2.24) is 25.3 Å². The normalized spacial score (nSPS) is 16.5. The van der Waals surface area contributed by atoms with Crippen molar-refractivity contribution in [2.24, 2.45) is 0 Å². The summed E-state index contributed by atoms with van der Waals surface area (Å²) in [6.07, 6.45) is 2.29. The topological polar surface area (TPSA) is 73.1 Å². The van der Waals surface area contributed by atoms with Gasteiger partial charge >= 0.3 is 0 Å². The van der Waals surface area contributed by atoms with E-state index in [-0.39, 0.29) is 5.91 Å². The predicted octanol–water partition coefficient (Wildman–Crippen LogP) is 0.426. The third-order valence-electron chi connectivity index (χ3n) is 2.98. The van der Waals surface area contributed by atoms with Gasteiger partial charge in [0.05, 0.1) is 13.2 Å². The molecule has 2 heterocycles. The van der Waals surface area contributed by atoms with Crippen LogP contribution in [0.5, 0.6) is 0 Å². The van der Waals surface area contributed by atoms with E-state index in [2.05, 4.69) is 15.5 Å². The maximum atomic E-state index is 12.5. The third kappa shape index (κ3) is 2.32. The first-order valence-electron chi connectivity index (χ1n) is 6.08. The summed E-state index contributed by atoms with van der Waals surface area (Å²) in [5.74, 6) is -0.156. The van der Waals surface area contributed by atoms with E-state index < -0.39 is 6.04 Å². The first-order chi connectivity index (χ1) is 9.36. The average Bonchev–Trinajstić information content (AvgIpc) is 3.13. The molecule has 1 aromatic heterocycles. The minimum atomic E-state index is -0.589. The molecule has 1 aliphatic heterocycles. The molecule has 1 atom stereocenters. The fourth-order valence-electron chi connectivity index (χ4n) is 2.09. The van der Waals surface area contributed by atoms with E-state index in [1.807, 2.05) is 30.3 Å². The molecule has 19 heavy (non-hydrogen) atoms. The highest BCUT2D eigenvalue weighted by atomic mass is 16.7. The van der Waals surface area contributed by atoms with Crippen molar-refractivity contribution < 1.29 is 9.63 Å². The van der Waals surface area contributed by atoms with Gasteiger partial charge in [-0.2, -0.15) is 0 Å². The van der Waals surface area contributed by atoms with E-state index in [0.717, 1.165) is 12.0 Å². The molecule has 7 heteroatoms. The van der Waals surface area contributed by atoms with Crippen molar-refractivity contribution in [3.63, 3.8) is 0 Å². The van der Waals surface area contributed by atoms with Crippen LogP contribution in [-0.4, -0.2) is 44.3 Å².